The van der Waals surface area contributed by atoms with Crippen LogP contribution in [-0.4, -0.2) is 35.8 Å². The van der Waals surface area contributed by atoms with Gasteiger partial charge in [0.2, 0.25) is 0 Å². The molecule has 22 heavy (non-hydrogen) atoms. The Hall–Kier alpha value is -2.01. The van der Waals surface area contributed by atoms with E-state index in [2.05, 4.69) is 10.3 Å². The van der Waals surface area contributed by atoms with E-state index in [0.717, 1.165) is 35.9 Å². The summed E-state index contributed by atoms with van der Waals surface area (Å²) in [4.78, 5) is 15.6. The van der Waals surface area contributed by atoms with E-state index in [9.17, 15) is 9.90 Å². The number of aliphatic hydroxyl groups is 1. The van der Waals surface area contributed by atoms with Crippen molar-refractivity contribution < 1.29 is 14.6 Å². The van der Waals surface area contributed by atoms with Crippen LogP contribution in [0.2, 0.25) is 0 Å². The van der Waals surface area contributed by atoms with E-state index >= 15 is 0 Å². The molecule has 0 spiro atoms. The quantitative estimate of drug-likeness (QED) is 0.812. The maximum Gasteiger partial charge on any atom is 0.267 e. The van der Waals surface area contributed by atoms with Gasteiger partial charge in [-0.2, -0.15) is 0 Å². The Bertz CT molecular complexity index is 694. The standard InChI is InChI=1S/C17H22N2O3/c1-17(10-20)7-3-4-15(17)19-16(21)14-9-11-8-12(22-2)5-6-13(11)18-14/h5-6,8-9,15,18,20H,3-4,7,10H2,1-2H3,(H,19,21)/t15-,17-/m0/s1. The summed E-state index contributed by atoms with van der Waals surface area (Å²) in [7, 11) is 1.62. The molecule has 3 rings (SSSR count). The van der Waals surface area contributed by atoms with Crippen molar-refractivity contribution in [2.24, 2.45) is 5.41 Å². The lowest BCUT2D eigenvalue weighted by Crippen LogP contribution is -2.44. The van der Waals surface area contributed by atoms with Gasteiger partial charge in [0.1, 0.15) is 11.4 Å². The first-order valence-electron chi connectivity index (χ1n) is 7.64. The molecule has 118 valence electrons. The summed E-state index contributed by atoms with van der Waals surface area (Å²) in [5, 5.41) is 13.6. The SMILES string of the molecule is COc1ccc2[nH]c(C(=O)N[C@H]3CCC[C@@]3(C)CO)cc2c1. The number of aliphatic hydroxyl groups excluding tert-OH is 1. The number of benzene rings is 1. The van der Waals surface area contributed by atoms with Crippen LogP contribution in [-0.2, 0) is 0 Å². The molecule has 0 aliphatic heterocycles. The molecule has 5 nitrogen and oxygen atoms in total. The Kier molecular flexibility index (Phi) is 3.83. The van der Waals surface area contributed by atoms with Crippen LogP contribution >= 0.6 is 0 Å². The molecule has 1 aliphatic rings. The van der Waals surface area contributed by atoms with Crippen molar-refractivity contribution in [1.82, 2.24) is 10.3 Å². The Labute approximate surface area is 129 Å². The van der Waals surface area contributed by atoms with Gasteiger partial charge in [-0.05, 0) is 37.1 Å². The first-order valence-corrected chi connectivity index (χ1v) is 7.64. The first-order chi connectivity index (χ1) is 10.6. The molecular formula is C17H22N2O3. The summed E-state index contributed by atoms with van der Waals surface area (Å²) in [5.74, 6) is 0.642. The van der Waals surface area contributed by atoms with Gasteiger partial charge in [-0.15, -0.1) is 0 Å². The van der Waals surface area contributed by atoms with Crippen molar-refractivity contribution in [1.29, 1.82) is 0 Å². The minimum Gasteiger partial charge on any atom is -0.497 e. The highest BCUT2D eigenvalue weighted by Crippen LogP contribution is 2.37. The summed E-state index contributed by atoms with van der Waals surface area (Å²) in [6, 6.07) is 7.51. The molecule has 0 unspecified atom stereocenters. The fourth-order valence-corrected chi connectivity index (χ4v) is 3.26. The fraction of sp³-hybridized carbons (Fsp3) is 0.471. The predicted octanol–water partition coefficient (Wildman–Crippen LogP) is 2.46. The van der Waals surface area contributed by atoms with E-state index in [1.54, 1.807) is 7.11 Å². The predicted molar refractivity (Wildman–Crippen MR) is 85.1 cm³/mol. The van der Waals surface area contributed by atoms with E-state index in [1.165, 1.54) is 0 Å². The number of fused-ring (bicyclic) bond motifs is 1. The monoisotopic (exact) mass is 302 g/mol. The van der Waals surface area contributed by atoms with Crippen LogP contribution in [0.15, 0.2) is 24.3 Å². The minimum atomic E-state index is -0.217. The molecule has 0 radical (unpaired) electrons. The summed E-state index contributed by atoms with van der Waals surface area (Å²) >= 11 is 0. The van der Waals surface area contributed by atoms with Gasteiger partial charge in [-0.25, -0.2) is 0 Å². The second kappa shape index (κ2) is 5.65. The van der Waals surface area contributed by atoms with Crippen LogP contribution in [0.1, 0.15) is 36.7 Å². The molecule has 2 aromatic rings. The van der Waals surface area contributed by atoms with Crippen molar-refractivity contribution in [3.05, 3.63) is 30.0 Å². The zero-order valence-corrected chi connectivity index (χ0v) is 13.0. The summed E-state index contributed by atoms with van der Waals surface area (Å²) < 4.78 is 5.20. The fourth-order valence-electron chi connectivity index (χ4n) is 3.26. The van der Waals surface area contributed by atoms with Crippen molar-refractivity contribution >= 4 is 16.8 Å². The largest absolute Gasteiger partial charge is 0.497 e. The molecule has 1 aromatic carbocycles. The van der Waals surface area contributed by atoms with Gasteiger partial charge in [0, 0.05) is 22.4 Å². The number of nitrogens with one attached hydrogen (secondary N) is 2. The van der Waals surface area contributed by atoms with Gasteiger partial charge >= 0.3 is 0 Å². The molecule has 2 atom stereocenters. The van der Waals surface area contributed by atoms with Crippen LogP contribution in [0.25, 0.3) is 10.9 Å². The second-order valence-corrected chi connectivity index (χ2v) is 6.37. The molecule has 3 N–H and O–H groups in total. The Balaban J connectivity index is 1.80. The number of carbonyl (C=O) groups excluding carboxylic acids is 1. The smallest absolute Gasteiger partial charge is 0.267 e. The van der Waals surface area contributed by atoms with Gasteiger partial charge in [0.15, 0.2) is 0 Å². The normalized spacial score (nSPS) is 24.6. The van der Waals surface area contributed by atoms with E-state index in [1.807, 2.05) is 31.2 Å². The molecule has 1 aliphatic carbocycles. The first kappa shape index (κ1) is 14.9. The third-order valence-electron chi connectivity index (χ3n) is 4.82. The maximum absolute atomic E-state index is 12.5. The van der Waals surface area contributed by atoms with E-state index in [-0.39, 0.29) is 24.0 Å². The number of methoxy groups -OCH3 is 1. The van der Waals surface area contributed by atoms with Crippen LogP contribution in [0.3, 0.4) is 0 Å². The lowest BCUT2D eigenvalue weighted by Gasteiger charge is -2.29. The Morgan fingerprint density at radius 3 is 3.05 bits per heavy atom. The van der Waals surface area contributed by atoms with E-state index in [4.69, 9.17) is 4.74 Å². The molecule has 1 fully saturated rings. The number of rotatable bonds is 4. The molecule has 1 heterocycles. The third-order valence-corrected chi connectivity index (χ3v) is 4.82. The molecular weight excluding hydrogens is 280 g/mol. The molecule has 0 bridgehead atoms. The van der Waals surface area contributed by atoms with E-state index in [0.29, 0.717) is 5.69 Å². The zero-order chi connectivity index (χ0) is 15.7. The van der Waals surface area contributed by atoms with Crippen LogP contribution < -0.4 is 10.1 Å². The second-order valence-electron chi connectivity index (χ2n) is 6.37. The lowest BCUT2D eigenvalue weighted by atomic mass is 9.86. The third kappa shape index (κ3) is 2.57. The van der Waals surface area contributed by atoms with Crippen LogP contribution in [0.5, 0.6) is 5.75 Å². The summed E-state index contributed by atoms with van der Waals surface area (Å²) in [6.45, 7) is 2.13. The Morgan fingerprint density at radius 1 is 1.50 bits per heavy atom. The topological polar surface area (TPSA) is 74.4 Å². The van der Waals surface area contributed by atoms with Crippen molar-refractivity contribution in [3.63, 3.8) is 0 Å². The summed E-state index contributed by atoms with van der Waals surface area (Å²) in [5.41, 5.74) is 1.22. The van der Waals surface area contributed by atoms with Gasteiger partial charge in [-0.3, -0.25) is 4.79 Å². The van der Waals surface area contributed by atoms with Gasteiger partial charge < -0.3 is 20.1 Å². The van der Waals surface area contributed by atoms with E-state index < -0.39 is 0 Å². The maximum atomic E-state index is 12.5. The van der Waals surface area contributed by atoms with Crippen LogP contribution in [0.4, 0.5) is 0 Å². The molecule has 1 saturated carbocycles. The Morgan fingerprint density at radius 2 is 2.32 bits per heavy atom. The van der Waals surface area contributed by atoms with Gasteiger partial charge in [-0.1, -0.05) is 13.3 Å². The summed E-state index contributed by atoms with van der Waals surface area (Å²) in [6.07, 6.45) is 2.89. The number of aromatic amines is 1. The highest BCUT2D eigenvalue weighted by Gasteiger charge is 2.39. The molecule has 5 heteroatoms. The average Bonchev–Trinajstić information content (AvgIpc) is 3.11. The lowest BCUT2D eigenvalue weighted by molar-refractivity contribution is 0.0827. The number of H-pyrrole nitrogens is 1. The number of carbonyl (C=O) groups is 1. The van der Waals surface area contributed by atoms with Gasteiger partial charge in [0.25, 0.3) is 5.91 Å². The zero-order valence-electron chi connectivity index (χ0n) is 13.0. The van der Waals surface area contributed by atoms with Crippen LogP contribution in [0, 0.1) is 5.41 Å². The van der Waals surface area contributed by atoms with Crippen molar-refractivity contribution in [2.45, 2.75) is 32.2 Å². The highest BCUT2D eigenvalue weighted by molar-refractivity contribution is 5.98. The van der Waals surface area contributed by atoms with Crippen molar-refractivity contribution in [2.75, 3.05) is 13.7 Å². The number of ether oxygens (including phenoxy) is 1. The van der Waals surface area contributed by atoms with Crippen molar-refractivity contribution in [3.8, 4) is 5.75 Å². The number of amides is 1. The highest BCUT2D eigenvalue weighted by atomic mass is 16.5. The number of aromatic nitrogens is 1. The molecule has 0 saturated heterocycles. The number of hydrogen-bond donors (Lipinski definition) is 3. The average molecular weight is 302 g/mol. The number of hydrogen-bond acceptors (Lipinski definition) is 3. The molecule has 1 aromatic heterocycles. The molecule has 1 amide bonds. The minimum absolute atomic E-state index is 0.0194. The van der Waals surface area contributed by atoms with Gasteiger partial charge in [0.05, 0.1) is 13.7 Å².